The van der Waals surface area contributed by atoms with Gasteiger partial charge in [0.05, 0.1) is 19.6 Å². The SMILES string of the molecule is COc1ccc(CC(=O)N2CCC[C@@H]2c2nnc(C(=O)Nc3cccc(Cl)c3)s2)cc1. The first-order valence-corrected chi connectivity index (χ1v) is 11.1. The molecule has 31 heavy (non-hydrogen) atoms. The fraction of sp³-hybridized carbons (Fsp3) is 0.273. The zero-order valence-electron chi connectivity index (χ0n) is 16.9. The Morgan fingerprint density at radius 2 is 2.03 bits per heavy atom. The van der Waals surface area contributed by atoms with Crippen molar-refractivity contribution in [3.63, 3.8) is 0 Å². The number of rotatable bonds is 6. The van der Waals surface area contributed by atoms with Gasteiger partial charge in [-0.25, -0.2) is 0 Å². The van der Waals surface area contributed by atoms with Crippen molar-refractivity contribution in [3.05, 3.63) is 69.1 Å². The van der Waals surface area contributed by atoms with Gasteiger partial charge in [0.1, 0.15) is 10.8 Å². The second-order valence-electron chi connectivity index (χ2n) is 7.18. The summed E-state index contributed by atoms with van der Waals surface area (Å²) in [6, 6.07) is 14.2. The Morgan fingerprint density at radius 3 is 2.77 bits per heavy atom. The van der Waals surface area contributed by atoms with Gasteiger partial charge >= 0.3 is 0 Å². The van der Waals surface area contributed by atoms with Crippen LogP contribution in [0.2, 0.25) is 5.02 Å². The predicted octanol–water partition coefficient (Wildman–Crippen LogP) is 4.36. The molecule has 0 bridgehead atoms. The number of amides is 2. The van der Waals surface area contributed by atoms with Crippen LogP contribution in [0.4, 0.5) is 5.69 Å². The summed E-state index contributed by atoms with van der Waals surface area (Å²) in [5.74, 6) is 0.445. The summed E-state index contributed by atoms with van der Waals surface area (Å²) < 4.78 is 5.17. The number of methoxy groups -OCH3 is 1. The van der Waals surface area contributed by atoms with Crippen molar-refractivity contribution in [1.82, 2.24) is 15.1 Å². The second kappa shape index (κ2) is 9.45. The van der Waals surface area contributed by atoms with Crippen LogP contribution in [0.5, 0.6) is 5.75 Å². The van der Waals surface area contributed by atoms with Gasteiger partial charge in [0.15, 0.2) is 0 Å². The Hall–Kier alpha value is -2.97. The van der Waals surface area contributed by atoms with E-state index >= 15 is 0 Å². The molecule has 9 heteroatoms. The van der Waals surface area contributed by atoms with Crippen LogP contribution >= 0.6 is 22.9 Å². The number of hydrogen-bond donors (Lipinski definition) is 1. The van der Waals surface area contributed by atoms with Crippen LogP contribution in [0.3, 0.4) is 0 Å². The zero-order chi connectivity index (χ0) is 21.8. The number of likely N-dealkylation sites (tertiary alicyclic amines) is 1. The summed E-state index contributed by atoms with van der Waals surface area (Å²) in [7, 11) is 1.61. The van der Waals surface area contributed by atoms with Crippen LogP contribution < -0.4 is 10.1 Å². The Kier molecular flexibility index (Phi) is 6.48. The predicted molar refractivity (Wildman–Crippen MR) is 120 cm³/mol. The summed E-state index contributed by atoms with van der Waals surface area (Å²) in [6.45, 7) is 0.670. The number of carbonyl (C=O) groups excluding carboxylic acids is 2. The van der Waals surface area contributed by atoms with E-state index in [0.29, 0.717) is 28.7 Å². The number of halogens is 1. The third-order valence-corrected chi connectivity index (χ3v) is 6.35. The number of carbonyl (C=O) groups is 2. The third kappa shape index (κ3) is 5.03. The quantitative estimate of drug-likeness (QED) is 0.595. The molecule has 7 nitrogen and oxygen atoms in total. The highest BCUT2D eigenvalue weighted by molar-refractivity contribution is 7.13. The normalized spacial score (nSPS) is 15.7. The fourth-order valence-electron chi connectivity index (χ4n) is 3.55. The summed E-state index contributed by atoms with van der Waals surface area (Å²) in [4.78, 5) is 27.3. The standard InChI is InChI=1S/C22H21ClN4O3S/c1-30-17-9-7-14(8-10-17)12-19(28)27-11-3-6-18(27)21-25-26-22(31-21)20(29)24-16-5-2-4-15(23)13-16/h2,4-5,7-10,13,18H,3,6,11-12H2,1H3,(H,24,29)/t18-/m1/s1. The smallest absolute Gasteiger partial charge is 0.286 e. The van der Waals surface area contributed by atoms with Gasteiger partial charge in [-0.3, -0.25) is 9.59 Å². The van der Waals surface area contributed by atoms with Gasteiger partial charge < -0.3 is 15.0 Å². The Morgan fingerprint density at radius 1 is 1.23 bits per heavy atom. The molecule has 1 N–H and O–H groups in total. The van der Waals surface area contributed by atoms with Gasteiger partial charge in [-0.15, -0.1) is 10.2 Å². The van der Waals surface area contributed by atoms with Crippen molar-refractivity contribution < 1.29 is 14.3 Å². The van der Waals surface area contributed by atoms with E-state index in [-0.39, 0.29) is 22.9 Å². The van der Waals surface area contributed by atoms with Crippen molar-refractivity contribution in [2.24, 2.45) is 0 Å². The Labute approximate surface area is 189 Å². The molecular weight excluding hydrogens is 436 g/mol. The minimum Gasteiger partial charge on any atom is -0.497 e. The first-order chi connectivity index (χ1) is 15.0. The molecule has 0 radical (unpaired) electrons. The van der Waals surface area contributed by atoms with E-state index in [4.69, 9.17) is 16.3 Å². The van der Waals surface area contributed by atoms with Crippen LogP contribution in [-0.2, 0) is 11.2 Å². The van der Waals surface area contributed by atoms with Crippen molar-refractivity contribution in [2.45, 2.75) is 25.3 Å². The minimum atomic E-state index is -0.347. The van der Waals surface area contributed by atoms with E-state index < -0.39 is 0 Å². The van der Waals surface area contributed by atoms with Gasteiger partial charge in [0, 0.05) is 17.3 Å². The lowest BCUT2D eigenvalue weighted by Crippen LogP contribution is -2.31. The molecule has 0 aliphatic carbocycles. The summed E-state index contributed by atoms with van der Waals surface area (Å²) in [5.41, 5.74) is 1.52. The van der Waals surface area contributed by atoms with E-state index in [2.05, 4.69) is 15.5 Å². The molecular formula is C22H21ClN4O3S. The van der Waals surface area contributed by atoms with Crippen LogP contribution in [0.15, 0.2) is 48.5 Å². The van der Waals surface area contributed by atoms with Gasteiger partial charge in [-0.05, 0) is 48.7 Å². The number of anilines is 1. The zero-order valence-corrected chi connectivity index (χ0v) is 18.4. The molecule has 1 aliphatic rings. The van der Waals surface area contributed by atoms with E-state index in [9.17, 15) is 9.59 Å². The largest absolute Gasteiger partial charge is 0.497 e. The molecule has 2 heterocycles. The molecule has 0 unspecified atom stereocenters. The monoisotopic (exact) mass is 456 g/mol. The molecule has 0 saturated carbocycles. The van der Waals surface area contributed by atoms with Crippen LogP contribution in [0.25, 0.3) is 0 Å². The number of aromatic nitrogens is 2. The highest BCUT2D eigenvalue weighted by Gasteiger charge is 2.33. The van der Waals surface area contributed by atoms with Gasteiger partial charge in [-0.2, -0.15) is 0 Å². The minimum absolute atomic E-state index is 0.0350. The van der Waals surface area contributed by atoms with Gasteiger partial charge in [-0.1, -0.05) is 41.1 Å². The lowest BCUT2D eigenvalue weighted by atomic mass is 10.1. The topological polar surface area (TPSA) is 84.4 Å². The maximum Gasteiger partial charge on any atom is 0.286 e. The molecule has 1 atom stereocenters. The Balaban J connectivity index is 1.43. The van der Waals surface area contributed by atoms with E-state index in [1.807, 2.05) is 29.2 Å². The number of ether oxygens (including phenoxy) is 1. The second-order valence-corrected chi connectivity index (χ2v) is 8.63. The maximum absolute atomic E-state index is 12.9. The highest BCUT2D eigenvalue weighted by atomic mass is 35.5. The van der Waals surface area contributed by atoms with Gasteiger partial charge in [0.25, 0.3) is 5.91 Å². The first kappa shape index (κ1) is 21.3. The molecule has 1 fully saturated rings. The van der Waals surface area contributed by atoms with Crippen molar-refractivity contribution >= 4 is 40.4 Å². The van der Waals surface area contributed by atoms with Crippen molar-refractivity contribution in [2.75, 3.05) is 19.0 Å². The molecule has 0 spiro atoms. The number of nitrogens with one attached hydrogen (secondary N) is 1. The average Bonchev–Trinajstić information content (AvgIpc) is 3.44. The third-order valence-electron chi connectivity index (χ3n) is 5.09. The molecule has 1 aliphatic heterocycles. The molecule has 4 rings (SSSR count). The molecule has 1 aromatic heterocycles. The van der Waals surface area contributed by atoms with Crippen LogP contribution in [0.1, 0.15) is 39.3 Å². The highest BCUT2D eigenvalue weighted by Crippen LogP contribution is 2.34. The summed E-state index contributed by atoms with van der Waals surface area (Å²) in [5, 5.41) is 12.5. The number of nitrogens with zero attached hydrogens (tertiary/aromatic N) is 3. The molecule has 2 amide bonds. The Bertz CT molecular complexity index is 1090. The summed E-state index contributed by atoms with van der Waals surface area (Å²) >= 11 is 7.18. The molecule has 1 saturated heterocycles. The average molecular weight is 457 g/mol. The van der Waals surface area contributed by atoms with E-state index in [1.165, 1.54) is 11.3 Å². The van der Waals surface area contributed by atoms with E-state index in [0.717, 1.165) is 24.2 Å². The van der Waals surface area contributed by atoms with Crippen molar-refractivity contribution in [1.29, 1.82) is 0 Å². The number of benzene rings is 2. The molecule has 160 valence electrons. The lowest BCUT2D eigenvalue weighted by molar-refractivity contribution is -0.131. The molecule has 2 aromatic carbocycles. The fourth-order valence-corrected chi connectivity index (χ4v) is 4.63. The summed E-state index contributed by atoms with van der Waals surface area (Å²) in [6.07, 6.45) is 2.00. The van der Waals surface area contributed by atoms with Gasteiger partial charge in [0.2, 0.25) is 10.9 Å². The lowest BCUT2D eigenvalue weighted by Gasteiger charge is -2.22. The maximum atomic E-state index is 12.9. The van der Waals surface area contributed by atoms with Crippen LogP contribution in [0, 0.1) is 0 Å². The molecule has 3 aromatic rings. The van der Waals surface area contributed by atoms with E-state index in [1.54, 1.807) is 31.4 Å². The van der Waals surface area contributed by atoms with Crippen LogP contribution in [-0.4, -0.2) is 40.6 Å². The first-order valence-electron chi connectivity index (χ1n) is 9.86. The van der Waals surface area contributed by atoms with Crippen molar-refractivity contribution in [3.8, 4) is 5.75 Å². The number of hydrogen-bond acceptors (Lipinski definition) is 6.